The fourth-order valence-electron chi connectivity index (χ4n) is 2.69. The Morgan fingerprint density at radius 2 is 1.54 bits per heavy atom. The number of para-hydroxylation sites is 1. The summed E-state index contributed by atoms with van der Waals surface area (Å²) in [6.45, 7) is 0. The van der Waals surface area contributed by atoms with Gasteiger partial charge in [0.2, 0.25) is 5.89 Å². The van der Waals surface area contributed by atoms with Crippen LogP contribution in [0.3, 0.4) is 0 Å². The fourth-order valence-corrected chi connectivity index (χ4v) is 3.08. The molecule has 0 aliphatic carbocycles. The number of hydrogen-bond donors (Lipinski definition) is 2. The molecule has 0 saturated carbocycles. The van der Waals surface area contributed by atoms with Gasteiger partial charge < -0.3 is 15.1 Å². The summed E-state index contributed by atoms with van der Waals surface area (Å²) in [4.78, 5) is 16.7. The molecule has 0 aliphatic rings. The molecule has 0 radical (unpaired) electrons. The number of nitrogens with zero attached hydrogens (tertiary/aromatic N) is 1. The predicted octanol–water partition coefficient (Wildman–Crippen LogP) is 6.42. The fraction of sp³-hybridized carbons (Fsp3) is 0. The predicted molar refractivity (Wildman–Crippen MR) is 114 cm³/mol. The molecular formula is C22H16BrN3O2. The average molecular weight is 434 g/mol. The van der Waals surface area contributed by atoms with Gasteiger partial charge in [-0.1, -0.05) is 42.5 Å². The van der Waals surface area contributed by atoms with Gasteiger partial charge in [0.1, 0.15) is 12.0 Å². The molecule has 4 aromatic rings. The number of carbonyl (C=O) groups excluding carboxylic acids is 1. The van der Waals surface area contributed by atoms with Crippen molar-refractivity contribution in [3.63, 3.8) is 0 Å². The average Bonchev–Trinajstić information content (AvgIpc) is 3.21. The van der Waals surface area contributed by atoms with Crippen LogP contribution in [0.4, 0.5) is 16.2 Å². The van der Waals surface area contributed by atoms with Crippen molar-refractivity contribution < 1.29 is 9.21 Å². The Hall–Kier alpha value is -3.38. The van der Waals surface area contributed by atoms with Gasteiger partial charge in [-0.2, -0.15) is 0 Å². The van der Waals surface area contributed by atoms with Gasteiger partial charge in [0.15, 0.2) is 0 Å². The highest BCUT2D eigenvalue weighted by atomic mass is 79.9. The standard InChI is InChI=1S/C22H16BrN3O2/c23-18-8-4-5-9-19(18)26-22(27)24-17-12-10-16(11-13-17)21-25-20(14-28-21)15-6-2-1-3-7-15/h1-14H,(H2,24,26,27). The Balaban J connectivity index is 1.44. The van der Waals surface area contributed by atoms with Crippen molar-refractivity contribution in [1.82, 2.24) is 4.98 Å². The third-order valence-corrected chi connectivity index (χ3v) is 4.78. The molecule has 1 heterocycles. The van der Waals surface area contributed by atoms with Crippen LogP contribution in [-0.2, 0) is 0 Å². The molecule has 0 saturated heterocycles. The maximum absolute atomic E-state index is 12.2. The van der Waals surface area contributed by atoms with Crippen molar-refractivity contribution in [3.05, 3.63) is 89.6 Å². The molecule has 0 atom stereocenters. The minimum Gasteiger partial charge on any atom is -0.444 e. The second-order valence-corrected chi connectivity index (χ2v) is 6.89. The summed E-state index contributed by atoms with van der Waals surface area (Å²) in [6, 6.07) is 24.3. The van der Waals surface area contributed by atoms with Crippen molar-refractivity contribution in [3.8, 4) is 22.7 Å². The molecule has 0 aliphatic heterocycles. The van der Waals surface area contributed by atoms with Crippen LogP contribution in [0.5, 0.6) is 0 Å². The van der Waals surface area contributed by atoms with Gasteiger partial charge in [-0.3, -0.25) is 0 Å². The van der Waals surface area contributed by atoms with Gasteiger partial charge in [-0.05, 0) is 52.3 Å². The molecule has 28 heavy (non-hydrogen) atoms. The SMILES string of the molecule is O=C(Nc1ccc(-c2nc(-c3ccccc3)co2)cc1)Nc1ccccc1Br. The number of urea groups is 1. The van der Waals surface area contributed by atoms with Crippen LogP contribution >= 0.6 is 15.9 Å². The van der Waals surface area contributed by atoms with Gasteiger partial charge in [0, 0.05) is 21.3 Å². The number of rotatable bonds is 4. The van der Waals surface area contributed by atoms with Crippen LogP contribution in [0.1, 0.15) is 0 Å². The number of oxazole rings is 1. The van der Waals surface area contributed by atoms with E-state index in [2.05, 4.69) is 31.5 Å². The van der Waals surface area contributed by atoms with Crippen molar-refractivity contribution in [2.24, 2.45) is 0 Å². The normalized spacial score (nSPS) is 10.5. The second kappa shape index (κ2) is 8.10. The summed E-state index contributed by atoms with van der Waals surface area (Å²) >= 11 is 3.40. The van der Waals surface area contributed by atoms with Crippen LogP contribution in [0.15, 0.2) is 94.0 Å². The molecule has 2 N–H and O–H groups in total. The quantitative estimate of drug-likeness (QED) is 0.390. The van der Waals surface area contributed by atoms with E-state index in [4.69, 9.17) is 4.42 Å². The lowest BCUT2D eigenvalue weighted by Crippen LogP contribution is -2.19. The van der Waals surface area contributed by atoms with Crippen LogP contribution in [0.2, 0.25) is 0 Å². The Morgan fingerprint density at radius 3 is 2.29 bits per heavy atom. The maximum Gasteiger partial charge on any atom is 0.323 e. The topological polar surface area (TPSA) is 67.2 Å². The molecule has 0 fully saturated rings. The van der Waals surface area contributed by atoms with Crippen LogP contribution in [-0.4, -0.2) is 11.0 Å². The third-order valence-electron chi connectivity index (χ3n) is 4.09. The highest BCUT2D eigenvalue weighted by Crippen LogP contribution is 2.26. The van der Waals surface area contributed by atoms with E-state index in [1.165, 1.54) is 0 Å². The monoisotopic (exact) mass is 433 g/mol. The number of nitrogens with one attached hydrogen (secondary N) is 2. The molecule has 3 aromatic carbocycles. The molecule has 1 aromatic heterocycles. The first-order valence-corrected chi connectivity index (χ1v) is 9.42. The van der Waals surface area contributed by atoms with Crippen LogP contribution in [0, 0.1) is 0 Å². The van der Waals surface area contributed by atoms with Gasteiger partial charge in [-0.25, -0.2) is 9.78 Å². The highest BCUT2D eigenvalue weighted by Gasteiger charge is 2.09. The lowest BCUT2D eigenvalue weighted by molar-refractivity contribution is 0.262. The Kier molecular flexibility index (Phi) is 5.21. The van der Waals surface area contributed by atoms with Gasteiger partial charge in [0.05, 0.1) is 5.69 Å². The van der Waals surface area contributed by atoms with Crippen LogP contribution in [0.25, 0.3) is 22.7 Å². The Morgan fingerprint density at radius 1 is 0.821 bits per heavy atom. The van der Waals surface area contributed by atoms with E-state index in [9.17, 15) is 4.79 Å². The smallest absolute Gasteiger partial charge is 0.323 e. The number of carbonyl (C=O) groups is 1. The minimum absolute atomic E-state index is 0.317. The van der Waals surface area contributed by atoms with E-state index in [-0.39, 0.29) is 6.03 Å². The van der Waals surface area contributed by atoms with E-state index in [1.807, 2.05) is 66.7 Å². The van der Waals surface area contributed by atoms with Crippen LogP contribution < -0.4 is 10.6 Å². The van der Waals surface area contributed by atoms with E-state index in [0.29, 0.717) is 17.3 Å². The first-order chi connectivity index (χ1) is 13.7. The summed E-state index contributed by atoms with van der Waals surface area (Å²) < 4.78 is 6.42. The molecule has 138 valence electrons. The zero-order valence-corrected chi connectivity index (χ0v) is 16.3. The number of amides is 2. The zero-order chi connectivity index (χ0) is 19.3. The third kappa shape index (κ3) is 4.13. The summed E-state index contributed by atoms with van der Waals surface area (Å²) in [5.41, 5.74) is 3.98. The van der Waals surface area contributed by atoms with Gasteiger partial charge >= 0.3 is 6.03 Å². The molecular weight excluding hydrogens is 418 g/mol. The molecule has 2 amide bonds. The van der Waals surface area contributed by atoms with Crippen molar-refractivity contribution in [2.45, 2.75) is 0 Å². The Labute approximate surface area is 170 Å². The molecule has 0 unspecified atom stereocenters. The maximum atomic E-state index is 12.2. The van der Waals surface area contributed by atoms with E-state index in [1.54, 1.807) is 18.4 Å². The second-order valence-electron chi connectivity index (χ2n) is 6.04. The van der Waals surface area contributed by atoms with E-state index >= 15 is 0 Å². The number of benzene rings is 3. The van der Waals surface area contributed by atoms with Crippen molar-refractivity contribution >= 4 is 33.3 Å². The lowest BCUT2D eigenvalue weighted by atomic mass is 10.2. The number of anilines is 2. The highest BCUT2D eigenvalue weighted by molar-refractivity contribution is 9.10. The summed E-state index contributed by atoms with van der Waals surface area (Å²) in [5, 5.41) is 5.60. The van der Waals surface area contributed by atoms with Gasteiger partial charge in [0.25, 0.3) is 0 Å². The molecule has 0 bridgehead atoms. The summed E-state index contributed by atoms with van der Waals surface area (Å²) in [7, 11) is 0. The number of hydrogen-bond acceptors (Lipinski definition) is 3. The molecule has 6 heteroatoms. The lowest BCUT2D eigenvalue weighted by Gasteiger charge is -2.09. The number of aromatic nitrogens is 1. The molecule has 0 spiro atoms. The van der Waals surface area contributed by atoms with Gasteiger partial charge in [-0.15, -0.1) is 0 Å². The number of halogens is 1. The summed E-state index contributed by atoms with van der Waals surface area (Å²) in [6.07, 6.45) is 1.64. The van der Waals surface area contributed by atoms with Crippen molar-refractivity contribution in [1.29, 1.82) is 0 Å². The molecule has 5 nitrogen and oxygen atoms in total. The first-order valence-electron chi connectivity index (χ1n) is 8.63. The largest absolute Gasteiger partial charge is 0.444 e. The van der Waals surface area contributed by atoms with E-state index < -0.39 is 0 Å². The first kappa shape index (κ1) is 18.0. The Bertz CT molecular complexity index is 1090. The van der Waals surface area contributed by atoms with E-state index in [0.717, 1.165) is 21.3 Å². The zero-order valence-electron chi connectivity index (χ0n) is 14.7. The minimum atomic E-state index is -0.317. The summed E-state index contributed by atoms with van der Waals surface area (Å²) in [5.74, 6) is 0.531. The molecule has 4 rings (SSSR count). The van der Waals surface area contributed by atoms with Crippen molar-refractivity contribution in [2.75, 3.05) is 10.6 Å².